The van der Waals surface area contributed by atoms with Crippen molar-refractivity contribution in [2.75, 3.05) is 6.61 Å². The van der Waals surface area contributed by atoms with Gasteiger partial charge in [-0.25, -0.2) is 19.4 Å². The van der Waals surface area contributed by atoms with Crippen LogP contribution in [0.5, 0.6) is 0 Å². The molecule has 0 N–H and O–H groups in total. The molecule has 0 fully saturated rings. The molecular formula is C12H12N4O3. The molecule has 0 bridgehead atoms. The van der Waals surface area contributed by atoms with E-state index in [-0.39, 0.29) is 29.6 Å². The Hall–Kier alpha value is -2.57. The monoisotopic (exact) mass is 260 g/mol. The van der Waals surface area contributed by atoms with Gasteiger partial charge in [0.25, 0.3) is 0 Å². The van der Waals surface area contributed by atoms with Gasteiger partial charge in [0.05, 0.1) is 6.61 Å². The average Bonchev–Trinajstić information content (AvgIpc) is 2.85. The van der Waals surface area contributed by atoms with Crippen molar-refractivity contribution in [3.05, 3.63) is 35.9 Å². The molecule has 2 heterocycles. The molecule has 2 rings (SSSR count). The molecule has 98 valence electrons. The molecule has 0 unspecified atom stereocenters. The Labute approximate surface area is 109 Å². The van der Waals surface area contributed by atoms with E-state index in [2.05, 4.69) is 15.1 Å². The lowest BCUT2D eigenvalue weighted by Gasteiger charge is -1.98. The Bertz CT molecular complexity index is 607. The fourth-order valence-corrected chi connectivity index (χ4v) is 1.50. The number of aromatic nitrogens is 4. The van der Waals surface area contributed by atoms with Crippen LogP contribution in [-0.2, 0) is 4.74 Å². The predicted octanol–water partition coefficient (Wildman–Crippen LogP) is 1.04. The van der Waals surface area contributed by atoms with Crippen LogP contribution in [0.15, 0.2) is 24.7 Å². The second-order valence-corrected chi connectivity index (χ2v) is 3.66. The van der Waals surface area contributed by atoms with Crippen molar-refractivity contribution in [2.45, 2.75) is 13.8 Å². The fraction of sp³-hybridized carbons (Fsp3) is 0.250. The molecule has 2 aromatic heterocycles. The molecule has 7 heteroatoms. The molecule has 0 amide bonds. The molecule has 0 saturated carbocycles. The molecule has 2 aromatic rings. The minimum Gasteiger partial charge on any atom is -0.462 e. The zero-order valence-corrected chi connectivity index (χ0v) is 10.5. The molecule has 0 atom stereocenters. The summed E-state index contributed by atoms with van der Waals surface area (Å²) < 4.78 is 6.16. The zero-order valence-electron chi connectivity index (χ0n) is 10.5. The first-order chi connectivity index (χ1) is 9.13. The number of rotatable bonds is 4. The maximum Gasteiger partial charge on any atom is 0.342 e. The second kappa shape index (κ2) is 5.38. The smallest absolute Gasteiger partial charge is 0.342 e. The summed E-state index contributed by atoms with van der Waals surface area (Å²) in [6.07, 6.45) is 4.48. The van der Waals surface area contributed by atoms with E-state index in [0.29, 0.717) is 0 Å². The van der Waals surface area contributed by atoms with Gasteiger partial charge in [-0.1, -0.05) is 0 Å². The molecule has 0 aliphatic heterocycles. The summed E-state index contributed by atoms with van der Waals surface area (Å²) in [5.74, 6) is -0.631. The lowest BCUT2D eigenvalue weighted by Crippen LogP contribution is -2.08. The third-order valence-electron chi connectivity index (χ3n) is 2.30. The highest BCUT2D eigenvalue weighted by Crippen LogP contribution is 2.12. The average molecular weight is 260 g/mol. The van der Waals surface area contributed by atoms with Crippen molar-refractivity contribution in [2.24, 2.45) is 0 Å². The van der Waals surface area contributed by atoms with Crippen LogP contribution in [-0.4, -0.2) is 38.1 Å². The van der Waals surface area contributed by atoms with Crippen molar-refractivity contribution in [1.82, 2.24) is 19.7 Å². The normalized spacial score (nSPS) is 10.2. The van der Waals surface area contributed by atoms with Crippen molar-refractivity contribution >= 4 is 11.8 Å². The van der Waals surface area contributed by atoms with Crippen LogP contribution in [0.2, 0.25) is 0 Å². The predicted molar refractivity (Wildman–Crippen MR) is 65.1 cm³/mol. The second-order valence-electron chi connectivity index (χ2n) is 3.66. The largest absolute Gasteiger partial charge is 0.462 e. The number of nitrogens with zero attached hydrogens (tertiary/aromatic N) is 4. The minimum absolute atomic E-state index is 0.0471. The van der Waals surface area contributed by atoms with Crippen LogP contribution < -0.4 is 0 Å². The number of ketones is 1. The van der Waals surface area contributed by atoms with Crippen LogP contribution in [0.3, 0.4) is 0 Å². The maximum absolute atomic E-state index is 11.7. The quantitative estimate of drug-likeness (QED) is 0.603. The van der Waals surface area contributed by atoms with E-state index in [4.69, 9.17) is 4.74 Å². The van der Waals surface area contributed by atoms with Crippen molar-refractivity contribution in [3.63, 3.8) is 0 Å². The van der Waals surface area contributed by atoms with E-state index in [1.807, 2.05) is 0 Å². The maximum atomic E-state index is 11.7. The first-order valence-electron chi connectivity index (χ1n) is 5.68. The number of hydrogen-bond donors (Lipinski definition) is 0. The Morgan fingerprint density at radius 2 is 2.00 bits per heavy atom. The van der Waals surface area contributed by atoms with E-state index in [9.17, 15) is 9.59 Å². The fourth-order valence-electron chi connectivity index (χ4n) is 1.50. The highest BCUT2D eigenvalue weighted by atomic mass is 16.5. The van der Waals surface area contributed by atoms with E-state index in [1.54, 1.807) is 25.4 Å². The molecule has 0 aliphatic rings. The van der Waals surface area contributed by atoms with Crippen molar-refractivity contribution in [1.29, 1.82) is 0 Å². The Kier molecular flexibility index (Phi) is 3.65. The van der Waals surface area contributed by atoms with Gasteiger partial charge in [-0.15, -0.1) is 0 Å². The molecule has 0 saturated heterocycles. The summed E-state index contributed by atoms with van der Waals surface area (Å²) in [6, 6.07) is 1.66. The standard InChI is InChI=1S/C12H12N4O3/c1-3-19-11(18)9-7-16(15-10(9)8(2)17)12-13-5-4-6-14-12/h4-7H,3H2,1-2H3. The molecule has 0 radical (unpaired) electrons. The van der Waals surface area contributed by atoms with Crippen molar-refractivity contribution < 1.29 is 14.3 Å². The summed E-state index contributed by atoms with van der Waals surface area (Å²) in [6.45, 7) is 3.25. The Balaban J connectivity index is 2.47. The van der Waals surface area contributed by atoms with E-state index in [1.165, 1.54) is 17.8 Å². The Morgan fingerprint density at radius 3 is 2.58 bits per heavy atom. The van der Waals surface area contributed by atoms with Crippen LogP contribution >= 0.6 is 0 Å². The van der Waals surface area contributed by atoms with Gasteiger partial charge in [0.2, 0.25) is 5.95 Å². The van der Waals surface area contributed by atoms with E-state index >= 15 is 0 Å². The van der Waals surface area contributed by atoms with Gasteiger partial charge in [0, 0.05) is 25.5 Å². The number of esters is 1. The van der Waals surface area contributed by atoms with Gasteiger partial charge in [0.1, 0.15) is 11.3 Å². The Morgan fingerprint density at radius 1 is 1.32 bits per heavy atom. The number of carbonyl (C=O) groups excluding carboxylic acids is 2. The molecule has 0 aromatic carbocycles. The summed E-state index contributed by atoms with van der Waals surface area (Å²) in [5, 5.41) is 4.02. The SMILES string of the molecule is CCOC(=O)c1cn(-c2ncccn2)nc1C(C)=O. The zero-order chi connectivity index (χ0) is 13.8. The third-order valence-corrected chi connectivity index (χ3v) is 2.30. The molecule has 0 spiro atoms. The number of ether oxygens (including phenoxy) is 1. The summed E-state index contributed by atoms with van der Waals surface area (Å²) in [5.41, 5.74) is 0.160. The van der Waals surface area contributed by atoms with Crippen LogP contribution in [0.1, 0.15) is 34.7 Å². The summed E-state index contributed by atoms with van der Waals surface area (Å²) in [4.78, 5) is 31.2. The van der Waals surface area contributed by atoms with Crippen LogP contribution in [0.25, 0.3) is 5.95 Å². The van der Waals surface area contributed by atoms with Crippen molar-refractivity contribution in [3.8, 4) is 5.95 Å². The van der Waals surface area contributed by atoms with E-state index in [0.717, 1.165) is 0 Å². The molecular weight excluding hydrogens is 248 g/mol. The number of hydrogen-bond acceptors (Lipinski definition) is 6. The van der Waals surface area contributed by atoms with Gasteiger partial charge in [-0.05, 0) is 13.0 Å². The minimum atomic E-state index is -0.588. The molecule has 0 aliphatic carbocycles. The van der Waals surface area contributed by atoms with Gasteiger partial charge >= 0.3 is 5.97 Å². The first-order valence-corrected chi connectivity index (χ1v) is 5.68. The highest BCUT2D eigenvalue weighted by molar-refractivity contribution is 6.03. The summed E-state index contributed by atoms with van der Waals surface area (Å²) in [7, 11) is 0. The lowest BCUT2D eigenvalue weighted by molar-refractivity contribution is 0.0523. The number of carbonyl (C=O) groups is 2. The summed E-state index contributed by atoms with van der Waals surface area (Å²) >= 11 is 0. The lowest BCUT2D eigenvalue weighted by atomic mass is 10.2. The number of Topliss-reactive ketones (excluding diaryl/α,β-unsaturated/α-hetero) is 1. The third kappa shape index (κ3) is 2.65. The van der Waals surface area contributed by atoms with Gasteiger partial charge in [0.15, 0.2) is 5.78 Å². The van der Waals surface area contributed by atoms with E-state index < -0.39 is 5.97 Å². The molecule has 7 nitrogen and oxygen atoms in total. The van der Waals surface area contributed by atoms with Gasteiger partial charge in [-0.3, -0.25) is 4.79 Å². The van der Waals surface area contributed by atoms with Gasteiger partial charge < -0.3 is 4.74 Å². The van der Waals surface area contributed by atoms with Gasteiger partial charge in [-0.2, -0.15) is 5.10 Å². The topological polar surface area (TPSA) is 87.0 Å². The molecule has 19 heavy (non-hydrogen) atoms. The van der Waals surface area contributed by atoms with Crippen LogP contribution in [0.4, 0.5) is 0 Å². The first kappa shape index (κ1) is 12.9. The highest BCUT2D eigenvalue weighted by Gasteiger charge is 2.21. The van der Waals surface area contributed by atoms with Crippen LogP contribution in [0, 0.1) is 0 Å².